The first-order chi connectivity index (χ1) is 8.85. The molecule has 1 fully saturated rings. The van der Waals surface area contributed by atoms with Crippen LogP contribution in [0, 0.1) is 0 Å². The van der Waals surface area contributed by atoms with Crippen molar-refractivity contribution in [3.8, 4) is 5.75 Å². The summed E-state index contributed by atoms with van der Waals surface area (Å²) in [6.45, 7) is 1.89. The van der Waals surface area contributed by atoms with Gasteiger partial charge in [-0.1, -0.05) is 18.2 Å². The van der Waals surface area contributed by atoms with Crippen molar-refractivity contribution in [2.24, 2.45) is 0 Å². The van der Waals surface area contributed by atoms with Gasteiger partial charge in [0.2, 0.25) is 0 Å². The van der Waals surface area contributed by atoms with Gasteiger partial charge in [-0.25, -0.2) is 0 Å². The van der Waals surface area contributed by atoms with E-state index in [2.05, 4.69) is 11.4 Å². The molecule has 2 atom stereocenters. The largest absolute Gasteiger partial charge is 0.496 e. The fourth-order valence-electron chi connectivity index (χ4n) is 2.57. The molecule has 1 aliphatic heterocycles. The molecule has 2 unspecified atom stereocenters. The van der Waals surface area contributed by atoms with Gasteiger partial charge in [0, 0.05) is 6.04 Å². The number of ether oxygens (including phenoxy) is 2. The van der Waals surface area contributed by atoms with E-state index in [-0.39, 0.29) is 6.04 Å². The summed E-state index contributed by atoms with van der Waals surface area (Å²) in [6.07, 6.45) is 2.05. The van der Waals surface area contributed by atoms with Crippen LogP contribution in [0.4, 0.5) is 0 Å². The van der Waals surface area contributed by atoms with Gasteiger partial charge in [0.25, 0.3) is 6.47 Å². The highest BCUT2D eigenvalue weighted by molar-refractivity contribution is 5.37. The van der Waals surface area contributed by atoms with Crippen LogP contribution in [0.3, 0.4) is 0 Å². The van der Waals surface area contributed by atoms with E-state index < -0.39 is 0 Å². The van der Waals surface area contributed by atoms with E-state index in [0.29, 0.717) is 19.0 Å². The summed E-state index contributed by atoms with van der Waals surface area (Å²) in [4.78, 5) is 10.2. The Kier molecular flexibility index (Phi) is 4.59. The summed E-state index contributed by atoms with van der Waals surface area (Å²) in [5.41, 5.74) is 1.25. The van der Waals surface area contributed by atoms with E-state index >= 15 is 0 Å². The van der Waals surface area contributed by atoms with E-state index in [0.717, 1.165) is 25.1 Å². The summed E-state index contributed by atoms with van der Waals surface area (Å²) >= 11 is 0. The molecule has 1 N–H and O–H groups in total. The minimum absolute atomic E-state index is 0.235. The van der Waals surface area contributed by atoms with Crippen LogP contribution in [0.25, 0.3) is 0 Å². The minimum Gasteiger partial charge on any atom is -0.496 e. The first-order valence-corrected chi connectivity index (χ1v) is 6.26. The normalized spacial score (nSPS) is 23.4. The summed E-state index contributed by atoms with van der Waals surface area (Å²) < 4.78 is 10.2. The van der Waals surface area contributed by atoms with Gasteiger partial charge >= 0.3 is 0 Å². The third kappa shape index (κ3) is 3.01. The highest BCUT2D eigenvalue weighted by atomic mass is 16.5. The van der Waals surface area contributed by atoms with Crippen LogP contribution < -0.4 is 10.1 Å². The lowest BCUT2D eigenvalue weighted by Gasteiger charge is -2.30. The summed E-state index contributed by atoms with van der Waals surface area (Å²) in [5.74, 6) is 1.40. The summed E-state index contributed by atoms with van der Waals surface area (Å²) in [7, 11) is 1.70. The number of nitrogens with one attached hydrogen (secondary N) is 1. The van der Waals surface area contributed by atoms with Crippen LogP contribution in [-0.2, 0) is 9.53 Å². The van der Waals surface area contributed by atoms with Gasteiger partial charge in [-0.05, 0) is 36.9 Å². The van der Waals surface area contributed by atoms with E-state index in [1.165, 1.54) is 5.56 Å². The molecule has 1 saturated heterocycles. The smallest absolute Gasteiger partial charge is 0.293 e. The van der Waals surface area contributed by atoms with E-state index in [9.17, 15) is 4.79 Å². The van der Waals surface area contributed by atoms with Crippen molar-refractivity contribution >= 4 is 6.47 Å². The second-order valence-electron chi connectivity index (χ2n) is 4.54. The number of rotatable bonds is 5. The van der Waals surface area contributed by atoms with Crippen molar-refractivity contribution in [3.63, 3.8) is 0 Å². The van der Waals surface area contributed by atoms with Gasteiger partial charge in [0.15, 0.2) is 0 Å². The molecule has 0 amide bonds. The van der Waals surface area contributed by atoms with Gasteiger partial charge in [0.1, 0.15) is 12.4 Å². The number of methoxy groups -OCH3 is 1. The third-order valence-corrected chi connectivity index (χ3v) is 3.44. The van der Waals surface area contributed by atoms with E-state index in [4.69, 9.17) is 9.47 Å². The van der Waals surface area contributed by atoms with Crippen LogP contribution in [0.15, 0.2) is 24.3 Å². The van der Waals surface area contributed by atoms with Crippen molar-refractivity contribution in [2.75, 3.05) is 20.3 Å². The monoisotopic (exact) mass is 249 g/mol. The molecule has 4 nitrogen and oxygen atoms in total. The number of hydrogen-bond donors (Lipinski definition) is 1. The molecule has 1 aliphatic rings. The summed E-state index contributed by atoms with van der Waals surface area (Å²) in [6, 6.07) is 8.37. The SMILES string of the molecule is COc1ccccc1C1CCNC(COC=O)C1. The first kappa shape index (κ1) is 12.9. The Hall–Kier alpha value is -1.55. The highest BCUT2D eigenvalue weighted by Crippen LogP contribution is 2.33. The van der Waals surface area contributed by atoms with Gasteiger partial charge in [0.05, 0.1) is 7.11 Å². The number of carbonyl (C=O) groups excluding carboxylic acids is 1. The molecule has 0 bridgehead atoms. The molecule has 4 heteroatoms. The van der Waals surface area contributed by atoms with Crippen molar-refractivity contribution in [3.05, 3.63) is 29.8 Å². The molecule has 1 heterocycles. The molecule has 98 valence electrons. The number of piperidine rings is 1. The van der Waals surface area contributed by atoms with Crippen molar-refractivity contribution in [2.45, 2.75) is 24.8 Å². The average molecular weight is 249 g/mol. The lowest BCUT2D eigenvalue weighted by Crippen LogP contribution is -2.40. The lowest BCUT2D eigenvalue weighted by atomic mass is 9.86. The number of carbonyl (C=O) groups is 1. The van der Waals surface area contributed by atoms with Crippen molar-refractivity contribution < 1.29 is 14.3 Å². The Morgan fingerprint density at radius 2 is 2.28 bits per heavy atom. The molecule has 1 aromatic rings. The van der Waals surface area contributed by atoms with Gasteiger partial charge in [-0.15, -0.1) is 0 Å². The predicted molar refractivity (Wildman–Crippen MR) is 68.8 cm³/mol. The Balaban J connectivity index is 2.05. The van der Waals surface area contributed by atoms with Crippen LogP contribution in [0.5, 0.6) is 5.75 Å². The third-order valence-electron chi connectivity index (χ3n) is 3.44. The molecule has 0 aliphatic carbocycles. The van der Waals surface area contributed by atoms with Crippen LogP contribution >= 0.6 is 0 Å². The average Bonchev–Trinajstić information content (AvgIpc) is 2.45. The number of hydrogen-bond acceptors (Lipinski definition) is 4. The van der Waals surface area contributed by atoms with Gasteiger partial charge in [-0.2, -0.15) is 0 Å². The predicted octanol–water partition coefficient (Wildman–Crippen LogP) is 1.70. The van der Waals surface area contributed by atoms with Crippen LogP contribution in [-0.4, -0.2) is 32.8 Å². The Morgan fingerprint density at radius 1 is 1.44 bits per heavy atom. The quantitative estimate of drug-likeness (QED) is 0.807. The van der Waals surface area contributed by atoms with Gasteiger partial charge < -0.3 is 14.8 Å². The number of benzene rings is 1. The Morgan fingerprint density at radius 3 is 3.06 bits per heavy atom. The molecule has 0 saturated carbocycles. The Labute approximate surface area is 107 Å². The summed E-state index contributed by atoms with van der Waals surface area (Å²) in [5, 5.41) is 3.37. The second-order valence-corrected chi connectivity index (χ2v) is 4.54. The van der Waals surface area contributed by atoms with E-state index in [1.54, 1.807) is 7.11 Å². The molecule has 1 aromatic carbocycles. The molecule has 2 rings (SSSR count). The minimum atomic E-state index is 0.235. The van der Waals surface area contributed by atoms with Crippen LogP contribution in [0.2, 0.25) is 0 Å². The van der Waals surface area contributed by atoms with Crippen LogP contribution in [0.1, 0.15) is 24.3 Å². The lowest BCUT2D eigenvalue weighted by molar-refractivity contribution is -0.129. The zero-order valence-corrected chi connectivity index (χ0v) is 10.6. The van der Waals surface area contributed by atoms with Crippen molar-refractivity contribution in [1.82, 2.24) is 5.32 Å². The second kappa shape index (κ2) is 6.40. The zero-order chi connectivity index (χ0) is 12.8. The Bertz CT molecular complexity index is 394. The van der Waals surface area contributed by atoms with Gasteiger partial charge in [-0.3, -0.25) is 4.79 Å². The highest BCUT2D eigenvalue weighted by Gasteiger charge is 2.24. The molecule has 0 spiro atoms. The first-order valence-electron chi connectivity index (χ1n) is 6.26. The zero-order valence-electron chi connectivity index (χ0n) is 10.6. The van der Waals surface area contributed by atoms with E-state index in [1.807, 2.05) is 18.2 Å². The number of para-hydroxylation sites is 1. The fourth-order valence-corrected chi connectivity index (χ4v) is 2.57. The fraction of sp³-hybridized carbons (Fsp3) is 0.500. The topological polar surface area (TPSA) is 47.6 Å². The maximum Gasteiger partial charge on any atom is 0.293 e. The molecule has 18 heavy (non-hydrogen) atoms. The molecular weight excluding hydrogens is 230 g/mol. The molecular formula is C14H19NO3. The molecule has 0 radical (unpaired) electrons. The standard InChI is InChI=1S/C14H19NO3/c1-17-14-5-3-2-4-13(14)11-6-7-15-12(8-11)9-18-10-16/h2-5,10-12,15H,6-9H2,1H3. The molecule has 0 aromatic heterocycles. The van der Waals surface area contributed by atoms with Crippen molar-refractivity contribution in [1.29, 1.82) is 0 Å². The maximum absolute atomic E-state index is 10.2. The maximum atomic E-state index is 10.2.